The fourth-order valence-corrected chi connectivity index (χ4v) is 1.54. The molecule has 3 nitrogen and oxygen atoms in total. The number of halogens is 3. The summed E-state index contributed by atoms with van der Waals surface area (Å²) in [6.45, 7) is 1.63. The first-order valence-electron chi connectivity index (χ1n) is 4.62. The molecule has 0 saturated heterocycles. The molecule has 0 spiro atoms. The van der Waals surface area contributed by atoms with Gasteiger partial charge in [0.1, 0.15) is 5.52 Å². The smallest absolute Gasteiger partial charge is 0.358 e. The Morgan fingerprint density at radius 1 is 1.38 bits per heavy atom. The van der Waals surface area contributed by atoms with Crippen molar-refractivity contribution in [3.8, 4) is 0 Å². The first kappa shape index (κ1) is 10.9. The van der Waals surface area contributed by atoms with Gasteiger partial charge in [0.05, 0.1) is 11.6 Å². The average molecular weight is 230 g/mol. The van der Waals surface area contributed by atoms with E-state index in [1.54, 1.807) is 6.92 Å². The number of benzene rings is 1. The molecule has 0 aliphatic heterocycles. The Bertz CT molecular complexity index is 516. The first-order valence-corrected chi connectivity index (χ1v) is 4.62. The number of hydrogen-bond donors (Lipinski definition) is 1. The van der Waals surface area contributed by atoms with E-state index >= 15 is 0 Å². The van der Waals surface area contributed by atoms with Crippen molar-refractivity contribution in [2.45, 2.75) is 19.1 Å². The van der Waals surface area contributed by atoms with Crippen molar-refractivity contribution in [3.05, 3.63) is 29.5 Å². The van der Waals surface area contributed by atoms with Crippen LogP contribution in [-0.2, 0) is 6.18 Å². The number of rotatable bonds is 1. The molecule has 1 aromatic carbocycles. The molecule has 6 heteroatoms. The second kappa shape index (κ2) is 3.48. The molecule has 0 aliphatic rings. The topological polar surface area (TPSA) is 52.0 Å². The van der Waals surface area contributed by atoms with E-state index in [-0.39, 0.29) is 11.3 Å². The van der Waals surface area contributed by atoms with Crippen molar-refractivity contribution in [2.75, 3.05) is 0 Å². The molecule has 2 rings (SSSR count). The van der Waals surface area contributed by atoms with Crippen LogP contribution in [0.4, 0.5) is 13.2 Å². The number of alkyl halides is 3. The largest absolute Gasteiger partial charge is 0.418 e. The molecule has 0 fully saturated rings. The van der Waals surface area contributed by atoms with Gasteiger partial charge in [0, 0.05) is 5.39 Å². The number of aromatic nitrogens is 1. The lowest BCUT2D eigenvalue weighted by molar-refractivity contribution is -0.136. The quantitative estimate of drug-likeness (QED) is 0.819. The minimum atomic E-state index is -4.44. The van der Waals surface area contributed by atoms with Crippen molar-refractivity contribution in [2.24, 2.45) is 5.73 Å². The van der Waals surface area contributed by atoms with Crippen molar-refractivity contribution in [1.29, 1.82) is 0 Å². The minimum Gasteiger partial charge on any atom is -0.358 e. The van der Waals surface area contributed by atoms with Crippen molar-refractivity contribution in [1.82, 2.24) is 5.16 Å². The van der Waals surface area contributed by atoms with Crippen LogP contribution in [0.2, 0.25) is 0 Å². The van der Waals surface area contributed by atoms with Gasteiger partial charge in [0.15, 0.2) is 5.76 Å². The highest BCUT2D eigenvalue weighted by atomic mass is 19.4. The maximum absolute atomic E-state index is 12.6. The maximum Gasteiger partial charge on any atom is 0.418 e. The highest BCUT2D eigenvalue weighted by molar-refractivity contribution is 5.84. The Kier molecular flexibility index (Phi) is 2.38. The van der Waals surface area contributed by atoms with Gasteiger partial charge in [-0.05, 0) is 19.1 Å². The van der Waals surface area contributed by atoms with Gasteiger partial charge in [0.2, 0.25) is 0 Å². The summed E-state index contributed by atoms with van der Waals surface area (Å²) in [5.41, 5.74) is 4.57. The van der Waals surface area contributed by atoms with Gasteiger partial charge in [-0.1, -0.05) is 11.2 Å². The van der Waals surface area contributed by atoms with Gasteiger partial charge in [-0.2, -0.15) is 13.2 Å². The average Bonchev–Trinajstić information content (AvgIpc) is 2.58. The number of hydrogen-bond acceptors (Lipinski definition) is 3. The number of fused-ring (bicyclic) bond motifs is 1. The highest BCUT2D eigenvalue weighted by Crippen LogP contribution is 2.35. The van der Waals surface area contributed by atoms with E-state index in [0.29, 0.717) is 5.39 Å². The van der Waals surface area contributed by atoms with E-state index in [1.165, 1.54) is 12.1 Å². The molecule has 0 saturated carbocycles. The lowest BCUT2D eigenvalue weighted by Gasteiger charge is -2.06. The van der Waals surface area contributed by atoms with Crippen LogP contribution >= 0.6 is 0 Å². The first-order chi connectivity index (χ1) is 7.41. The Hall–Kier alpha value is -1.56. The molecule has 16 heavy (non-hydrogen) atoms. The zero-order valence-corrected chi connectivity index (χ0v) is 8.38. The molecular formula is C10H9F3N2O. The molecule has 0 bridgehead atoms. The van der Waals surface area contributed by atoms with Crippen LogP contribution in [0, 0.1) is 0 Å². The van der Waals surface area contributed by atoms with Crippen LogP contribution in [0.25, 0.3) is 10.9 Å². The Morgan fingerprint density at radius 2 is 2.06 bits per heavy atom. The molecule has 0 radical (unpaired) electrons. The van der Waals surface area contributed by atoms with Crippen LogP contribution in [0.3, 0.4) is 0 Å². The molecule has 1 aromatic heterocycles. The molecule has 2 N–H and O–H groups in total. The predicted molar refractivity (Wildman–Crippen MR) is 51.6 cm³/mol. The Labute approximate surface area is 89.0 Å². The van der Waals surface area contributed by atoms with Gasteiger partial charge in [-0.25, -0.2) is 0 Å². The van der Waals surface area contributed by atoms with E-state index in [2.05, 4.69) is 5.16 Å². The standard InChI is InChI=1S/C10H9F3N2O/c1-5(14)9-6-3-2-4-7(10(11,12)13)8(6)15-16-9/h2-5H,14H2,1H3. The Morgan fingerprint density at radius 3 is 2.62 bits per heavy atom. The van der Waals surface area contributed by atoms with E-state index in [9.17, 15) is 13.2 Å². The lowest BCUT2D eigenvalue weighted by Crippen LogP contribution is -2.06. The summed E-state index contributed by atoms with van der Waals surface area (Å²) in [6, 6.07) is 3.30. The van der Waals surface area contributed by atoms with E-state index in [1.807, 2.05) is 0 Å². The van der Waals surface area contributed by atoms with Crippen LogP contribution in [0.15, 0.2) is 22.7 Å². The molecular weight excluding hydrogens is 221 g/mol. The van der Waals surface area contributed by atoms with Gasteiger partial charge >= 0.3 is 6.18 Å². The summed E-state index contributed by atoms with van der Waals surface area (Å²) < 4.78 is 42.7. The lowest BCUT2D eigenvalue weighted by atomic mass is 10.1. The van der Waals surface area contributed by atoms with Crippen molar-refractivity contribution in [3.63, 3.8) is 0 Å². The highest BCUT2D eigenvalue weighted by Gasteiger charge is 2.34. The third-order valence-electron chi connectivity index (χ3n) is 2.26. The normalized spacial score (nSPS) is 14.3. The third kappa shape index (κ3) is 1.65. The van der Waals surface area contributed by atoms with E-state index in [0.717, 1.165) is 6.07 Å². The summed E-state index contributed by atoms with van der Waals surface area (Å²) in [7, 11) is 0. The van der Waals surface area contributed by atoms with Gasteiger partial charge in [-0.15, -0.1) is 0 Å². The molecule has 0 aliphatic carbocycles. The summed E-state index contributed by atoms with van der Waals surface area (Å²) in [4.78, 5) is 0. The molecule has 1 unspecified atom stereocenters. The molecule has 1 atom stereocenters. The maximum atomic E-state index is 12.6. The second-order valence-corrected chi connectivity index (χ2v) is 3.53. The fraction of sp³-hybridized carbons (Fsp3) is 0.300. The van der Waals surface area contributed by atoms with Gasteiger partial charge in [0.25, 0.3) is 0 Å². The zero-order valence-electron chi connectivity index (χ0n) is 8.38. The van der Waals surface area contributed by atoms with Crippen molar-refractivity contribution < 1.29 is 17.7 Å². The summed E-state index contributed by atoms with van der Waals surface area (Å²) in [5, 5.41) is 3.74. The van der Waals surface area contributed by atoms with E-state index in [4.69, 9.17) is 10.3 Å². The number of nitrogens with two attached hydrogens (primary N) is 1. The summed E-state index contributed by atoms with van der Waals surface area (Å²) in [5.74, 6) is 0.265. The van der Waals surface area contributed by atoms with Gasteiger partial charge in [-0.3, -0.25) is 0 Å². The van der Waals surface area contributed by atoms with E-state index < -0.39 is 17.8 Å². The Balaban J connectivity index is 2.72. The van der Waals surface area contributed by atoms with Crippen LogP contribution < -0.4 is 5.73 Å². The second-order valence-electron chi connectivity index (χ2n) is 3.53. The molecule has 1 heterocycles. The summed E-state index contributed by atoms with van der Waals surface area (Å²) in [6.07, 6.45) is -4.44. The summed E-state index contributed by atoms with van der Waals surface area (Å²) >= 11 is 0. The van der Waals surface area contributed by atoms with Crippen LogP contribution in [0.5, 0.6) is 0 Å². The molecule has 86 valence electrons. The zero-order chi connectivity index (χ0) is 11.9. The van der Waals surface area contributed by atoms with Crippen molar-refractivity contribution >= 4 is 10.9 Å². The predicted octanol–water partition coefficient (Wildman–Crippen LogP) is 2.87. The van der Waals surface area contributed by atoms with Crippen LogP contribution in [-0.4, -0.2) is 5.16 Å². The monoisotopic (exact) mass is 230 g/mol. The SMILES string of the molecule is CC(N)c1onc2c(C(F)(F)F)cccc12. The minimum absolute atomic E-state index is 0.192. The van der Waals surface area contributed by atoms with Gasteiger partial charge < -0.3 is 10.3 Å². The molecule has 2 aromatic rings. The number of nitrogens with zero attached hydrogens (tertiary/aromatic N) is 1. The molecule has 0 amide bonds. The third-order valence-corrected chi connectivity index (χ3v) is 2.26. The van der Waals surface area contributed by atoms with Crippen LogP contribution in [0.1, 0.15) is 24.3 Å². The fourth-order valence-electron chi connectivity index (χ4n) is 1.54.